The van der Waals surface area contributed by atoms with Crippen molar-refractivity contribution in [2.75, 3.05) is 18.6 Å². The minimum atomic E-state index is -3.97. The molecule has 0 heterocycles. The van der Waals surface area contributed by atoms with Crippen LogP contribution >= 0.6 is 22.3 Å². The maximum Gasteiger partial charge on any atom is 0.261 e. The molecule has 1 amide bonds. The smallest absolute Gasteiger partial charge is 0.261 e. The van der Waals surface area contributed by atoms with Gasteiger partial charge < -0.3 is 5.32 Å². The molecule has 0 bridgehead atoms. The molecule has 0 atom stereocenters. The zero-order valence-corrected chi connectivity index (χ0v) is 14.1. The van der Waals surface area contributed by atoms with E-state index in [9.17, 15) is 21.6 Å². The largest absolute Gasteiger partial charge is 0.352 e. The van der Waals surface area contributed by atoms with Gasteiger partial charge in [0.1, 0.15) is 9.84 Å². The molecule has 10 heteroatoms. The van der Waals surface area contributed by atoms with Crippen molar-refractivity contribution in [3.8, 4) is 0 Å². The maximum absolute atomic E-state index is 11.9. The van der Waals surface area contributed by atoms with Crippen LogP contribution in [-0.2, 0) is 18.9 Å². The van der Waals surface area contributed by atoms with E-state index in [1.807, 2.05) is 0 Å². The second-order valence-corrected chi connectivity index (χ2v) is 9.55. The van der Waals surface area contributed by atoms with Crippen molar-refractivity contribution in [3.63, 3.8) is 0 Å². The maximum atomic E-state index is 11.9. The average Bonchev–Trinajstić information content (AvgIpc) is 2.32. The summed E-state index contributed by atoms with van der Waals surface area (Å²) in [4.78, 5) is 11.6. The second-order valence-electron chi connectivity index (χ2n) is 4.32. The second kappa shape index (κ2) is 6.95. The summed E-state index contributed by atoms with van der Waals surface area (Å²) >= 11 is 5.83. The molecule has 0 aliphatic heterocycles. The number of carbonyl (C=O) groups is 1. The lowest BCUT2D eigenvalue weighted by Crippen LogP contribution is -2.26. The summed E-state index contributed by atoms with van der Waals surface area (Å²) in [5.41, 5.74) is -0.0438. The SMILES string of the molecule is CS(=O)(=O)CCCNC(=O)c1cc(S(=O)(=O)Cl)ccc1Cl. The van der Waals surface area contributed by atoms with E-state index < -0.39 is 24.8 Å². The molecule has 1 rings (SSSR count). The third-order valence-electron chi connectivity index (χ3n) is 2.44. The third-order valence-corrected chi connectivity index (χ3v) is 5.15. The van der Waals surface area contributed by atoms with Crippen LogP contribution in [0.25, 0.3) is 0 Å². The molecule has 1 N–H and O–H groups in total. The van der Waals surface area contributed by atoms with Crippen LogP contribution in [-0.4, -0.2) is 41.3 Å². The lowest BCUT2D eigenvalue weighted by atomic mass is 10.2. The number of benzene rings is 1. The van der Waals surface area contributed by atoms with Gasteiger partial charge in [-0.1, -0.05) is 11.6 Å². The molecule has 0 aliphatic carbocycles. The zero-order valence-electron chi connectivity index (χ0n) is 11.0. The Morgan fingerprint density at radius 3 is 2.38 bits per heavy atom. The molecule has 118 valence electrons. The summed E-state index contributed by atoms with van der Waals surface area (Å²) in [5, 5.41) is 2.53. The van der Waals surface area contributed by atoms with Crippen molar-refractivity contribution in [2.24, 2.45) is 0 Å². The number of nitrogens with one attached hydrogen (secondary N) is 1. The standard InChI is InChI=1S/C11H13Cl2NO5S2/c1-20(16,17)6-2-5-14-11(15)9-7-8(21(13,18)19)3-4-10(9)12/h3-4,7H,2,5-6H2,1H3,(H,14,15). The summed E-state index contributed by atoms with van der Waals surface area (Å²) in [6, 6.07) is 3.50. The van der Waals surface area contributed by atoms with E-state index in [1.165, 1.54) is 12.1 Å². The molecule has 0 spiro atoms. The molecule has 0 saturated carbocycles. The highest BCUT2D eigenvalue weighted by Gasteiger charge is 2.16. The quantitative estimate of drug-likeness (QED) is 0.600. The fourth-order valence-electron chi connectivity index (χ4n) is 1.46. The molecule has 21 heavy (non-hydrogen) atoms. The Bertz CT molecular complexity index is 744. The minimum absolute atomic E-state index is 0.0438. The molecular formula is C11H13Cl2NO5S2. The number of hydrogen-bond acceptors (Lipinski definition) is 5. The fourth-order valence-corrected chi connectivity index (χ4v) is 3.11. The van der Waals surface area contributed by atoms with Crippen LogP contribution in [0.4, 0.5) is 0 Å². The number of hydrogen-bond donors (Lipinski definition) is 1. The number of halogens is 2. The Morgan fingerprint density at radius 1 is 1.24 bits per heavy atom. The monoisotopic (exact) mass is 373 g/mol. The predicted octanol–water partition coefficient (Wildman–Crippen LogP) is 1.43. The van der Waals surface area contributed by atoms with E-state index in [2.05, 4.69) is 5.32 Å². The van der Waals surface area contributed by atoms with Crippen molar-refractivity contribution in [2.45, 2.75) is 11.3 Å². The Hall–Kier alpha value is -0.830. The Labute approximate surface area is 132 Å². The van der Waals surface area contributed by atoms with Gasteiger partial charge in [0.05, 0.1) is 21.2 Å². The molecule has 0 aromatic heterocycles. The predicted molar refractivity (Wildman–Crippen MR) is 81.2 cm³/mol. The lowest BCUT2D eigenvalue weighted by Gasteiger charge is -2.07. The highest BCUT2D eigenvalue weighted by atomic mass is 35.7. The van der Waals surface area contributed by atoms with Crippen molar-refractivity contribution < 1.29 is 21.6 Å². The van der Waals surface area contributed by atoms with E-state index in [1.54, 1.807) is 0 Å². The molecule has 0 saturated heterocycles. The molecule has 6 nitrogen and oxygen atoms in total. The summed E-state index contributed by atoms with van der Waals surface area (Å²) in [6.45, 7) is 0.125. The molecule has 1 aromatic carbocycles. The first kappa shape index (κ1) is 18.2. The third kappa shape index (κ3) is 6.21. The zero-order chi connectivity index (χ0) is 16.3. The molecule has 0 radical (unpaired) electrons. The number of amides is 1. The van der Waals surface area contributed by atoms with Crippen LogP contribution in [0.1, 0.15) is 16.8 Å². The molecule has 0 fully saturated rings. The summed E-state index contributed by atoms with van der Waals surface area (Å²) in [7, 11) is -1.87. The highest BCUT2D eigenvalue weighted by molar-refractivity contribution is 8.13. The first-order chi connectivity index (χ1) is 9.50. The van der Waals surface area contributed by atoms with Gasteiger partial charge in [0.2, 0.25) is 0 Å². The van der Waals surface area contributed by atoms with Crippen LogP contribution in [0.3, 0.4) is 0 Å². The topological polar surface area (TPSA) is 97.4 Å². The number of carbonyl (C=O) groups excluding carboxylic acids is 1. The van der Waals surface area contributed by atoms with Crippen molar-refractivity contribution in [1.29, 1.82) is 0 Å². The first-order valence-electron chi connectivity index (χ1n) is 5.71. The van der Waals surface area contributed by atoms with Crippen LogP contribution in [0.15, 0.2) is 23.1 Å². The van der Waals surface area contributed by atoms with Crippen LogP contribution in [0.5, 0.6) is 0 Å². The normalized spacial score (nSPS) is 12.1. The van der Waals surface area contributed by atoms with E-state index in [4.69, 9.17) is 22.3 Å². The first-order valence-corrected chi connectivity index (χ1v) is 10.5. The summed E-state index contributed by atoms with van der Waals surface area (Å²) in [6.07, 6.45) is 1.34. The van der Waals surface area contributed by atoms with Gasteiger partial charge in [-0.05, 0) is 24.6 Å². The Balaban J connectivity index is 2.79. The van der Waals surface area contributed by atoms with Crippen molar-refractivity contribution in [1.82, 2.24) is 5.32 Å². The van der Waals surface area contributed by atoms with Crippen LogP contribution in [0.2, 0.25) is 5.02 Å². The van der Waals surface area contributed by atoms with Crippen molar-refractivity contribution in [3.05, 3.63) is 28.8 Å². The van der Waals surface area contributed by atoms with E-state index in [0.29, 0.717) is 0 Å². The molecular weight excluding hydrogens is 361 g/mol. The Kier molecular flexibility index (Phi) is 6.03. The van der Waals surface area contributed by atoms with E-state index >= 15 is 0 Å². The average molecular weight is 374 g/mol. The van der Waals surface area contributed by atoms with Gasteiger partial charge in [-0.25, -0.2) is 16.8 Å². The van der Waals surface area contributed by atoms with Gasteiger partial charge in [-0.15, -0.1) is 0 Å². The molecule has 1 aromatic rings. The van der Waals surface area contributed by atoms with E-state index in [-0.39, 0.29) is 34.2 Å². The lowest BCUT2D eigenvalue weighted by molar-refractivity contribution is 0.0953. The van der Waals surface area contributed by atoms with Gasteiger partial charge in [-0.2, -0.15) is 0 Å². The Morgan fingerprint density at radius 2 is 1.86 bits per heavy atom. The summed E-state index contributed by atoms with van der Waals surface area (Å²) in [5.74, 6) is -0.660. The molecule has 0 unspecified atom stereocenters. The number of sulfone groups is 1. The molecule has 0 aliphatic rings. The van der Waals surface area contributed by atoms with Gasteiger partial charge in [-0.3, -0.25) is 4.79 Å². The van der Waals surface area contributed by atoms with Crippen LogP contribution < -0.4 is 5.32 Å². The van der Waals surface area contributed by atoms with Gasteiger partial charge in [0, 0.05) is 23.5 Å². The summed E-state index contributed by atoms with van der Waals surface area (Å²) < 4.78 is 44.3. The minimum Gasteiger partial charge on any atom is -0.352 e. The fraction of sp³-hybridized carbons (Fsp3) is 0.364. The van der Waals surface area contributed by atoms with Gasteiger partial charge >= 0.3 is 0 Å². The van der Waals surface area contributed by atoms with E-state index in [0.717, 1.165) is 12.3 Å². The van der Waals surface area contributed by atoms with Gasteiger partial charge in [0.15, 0.2) is 0 Å². The van der Waals surface area contributed by atoms with Gasteiger partial charge in [0.25, 0.3) is 15.0 Å². The van der Waals surface area contributed by atoms with Crippen LogP contribution in [0, 0.1) is 0 Å². The number of rotatable bonds is 6. The van der Waals surface area contributed by atoms with Crippen molar-refractivity contribution >= 4 is 47.1 Å². The highest BCUT2D eigenvalue weighted by Crippen LogP contribution is 2.22.